The molecule has 1 heterocycles. The maximum atomic E-state index is 6.66. The summed E-state index contributed by atoms with van der Waals surface area (Å²) in [6.07, 6.45) is 21.4. The topological polar surface area (TPSA) is 18.5 Å². The minimum absolute atomic E-state index is 0.0699. The van der Waals surface area contributed by atoms with Crippen LogP contribution >= 0.6 is 0 Å². The number of rotatable bonds is 8. The van der Waals surface area contributed by atoms with Crippen LogP contribution in [-0.4, -0.2) is 19.3 Å². The second-order valence-electron chi connectivity index (χ2n) is 9.19. The van der Waals surface area contributed by atoms with Gasteiger partial charge in [0.2, 0.25) is 0 Å². The van der Waals surface area contributed by atoms with Gasteiger partial charge in [0.15, 0.2) is 0 Å². The summed E-state index contributed by atoms with van der Waals surface area (Å²) >= 11 is 0. The van der Waals surface area contributed by atoms with Crippen molar-refractivity contribution in [2.75, 3.05) is 0 Å². The van der Waals surface area contributed by atoms with Gasteiger partial charge in [-0.25, -0.2) is 0 Å². The van der Waals surface area contributed by atoms with Gasteiger partial charge in [-0.3, -0.25) is 0 Å². The van der Waals surface area contributed by atoms with E-state index in [1.807, 2.05) is 0 Å². The van der Waals surface area contributed by atoms with Crippen LogP contribution in [0.2, 0.25) is 5.82 Å². The normalized spacial score (nSPS) is 30.7. The summed E-state index contributed by atoms with van der Waals surface area (Å²) in [5, 5.41) is 0. The van der Waals surface area contributed by atoms with Crippen LogP contribution in [0.25, 0.3) is 0 Å². The first-order chi connectivity index (χ1) is 12.3. The molecule has 0 bridgehead atoms. The molecule has 0 amide bonds. The highest BCUT2D eigenvalue weighted by Crippen LogP contribution is 2.42. The molecule has 25 heavy (non-hydrogen) atoms. The Labute approximate surface area is 157 Å². The summed E-state index contributed by atoms with van der Waals surface area (Å²) in [6.45, 7) is 4.65. The van der Waals surface area contributed by atoms with Crippen molar-refractivity contribution in [1.82, 2.24) is 0 Å². The lowest BCUT2D eigenvalue weighted by atomic mass is 9.70. The summed E-state index contributed by atoms with van der Waals surface area (Å²) in [4.78, 5) is 0. The van der Waals surface area contributed by atoms with Gasteiger partial charge in [-0.2, -0.15) is 0 Å². The van der Waals surface area contributed by atoms with E-state index >= 15 is 0 Å². The predicted molar refractivity (Wildman–Crippen MR) is 107 cm³/mol. The first-order valence-electron chi connectivity index (χ1n) is 11.6. The highest BCUT2D eigenvalue weighted by atomic mass is 16.7. The molecule has 3 heteroatoms. The molecule has 2 nitrogen and oxygen atoms in total. The van der Waals surface area contributed by atoms with E-state index in [1.54, 1.807) is 0 Å². The first kappa shape index (κ1) is 19.7. The van der Waals surface area contributed by atoms with E-state index in [2.05, 4.69) is 13.8 Å². The fraction of sp³-hybridized carbons (Fsp3) is 1.00. The molecule has 144 valence electrons. The molecule has 2 saturated carbocycles. The van der Waals surface area contributed by atoms with Gasteiger partial charge in [0, 0.05) is 0 Å². The maximum Gasteiger partial charge on any atom is 0.460 e. The largest absolute Gasteiger partial charge is 0.460 e. The van der Waals surface area contributed by atoms with E-state index in [-0.39, 0.29) is 7.12 Å². The average Bonchev–Trinajstić information content (AvgIpc) is 3.12. The van der Waals surface area contributed by atoms with Gasteiger partial charge in [0.1, 0.15) is 0 Å². The Balaban J connectivity index is 1.58. The van der Waals surface area contributed by atoms with E-state index < -0.39 is 0 Å². The third kappa shape index (κ3) is 5.48. The van der Waals surface area contributed by atoms with Crippen LogP contribution in [0, 0.1) is 11.8 Å². The van der Waals surface area contributed by atoms with Crippen LogP contribution in [0.5, 0.6) is 0 Å². The van der Waals surface area contributed by atoms with Crippen LogP contribution < -0.4 is 0 Å². The molecular weight excluding hydrogens is 307 g/mol. The zero-order valence-corrected chi connectivity index (χ0v) is 16.9. The molecule has 0 aromatic heterocycles. The van der Waals surface area contributed by atoms with Crippen molar-refractivity contribution in [3.8, 4) is 0 Å². The number of hydrogen-bond acceptors (Lipinski definition) is 2. The van der Waals surface area contributed by atoms with Crippen LogP contribution in [0.1, 0.15) is 110 Å². The Morgan fingerprint density at radius 1 is 0.760 bits per heavy atom. The van der Waals surface area contributed by atoms with Crippen molar-refractivity contribution >= 4 is 7.12 Å². The highest BCUT2D eigenvalue weighted by Gasteiger charge is 2.48. The minimum atomic E-state index is 0.0699. The second kappa shape index (κ2) is 10.4. The van der Waals surface area contributed by atoms with E-state index in [9.17, 15) is 0 Å². The summed E-state index contributed by atoms with van der Waals surface area (Å²) in [7, 11) is 0.0699. The zero-order valence-electron chi connectivity index (χ0n) is 16.9. The van der Waals surface area contributed by atoms with Gasteiger partial charge < -0.3 is 9.31 Å². The van der Waals surface area contributed by atoms with Gasteiger partial charge in [0.25, 0.3) is 0 Å². The van der Waals surface area contributed by atoms with E-state index in [1.165, 1.54) is 96.3 Å². The van der Waals surface area contributed by atoms with Crippen molar-refractivity contribution in [1.29, 1.82) is 0 Å². The van der Waals surface area contributed by atoms with Crippen molar-refractivity contribution in [2.45, 2.75) is 128 Å². The summed E-state index contributed by atoms with van der Waals surface area (Å²) < 4.78 is 13.3. The van der Waals surface area contributed by atoms with E-state index in [0.29, 0.717) is 18.0 Å². The molecule has 0 aromatic carbocycles. The van der Waals surface area contributed by atoms with Gasteiger partial charge in [-0.05, 0) is 43.3 Å². The fourth-order valence-electron chi connectivity index (χ4n) is 5.48. The smallest absolute Gasteiger partial charge is 0.405 e. The quantitative estimate of drug-likeness (QED) is 0.355. The Morgan fingerprint density at radius 3 is 1.76 bits per heavy atom. The fourth-order valence-corrected chi connectivity index (χ4v) is 5.48. The first-order valence-corrected chi connectivity index (χ1v) is 11.6. The Morgan fingerprint density at radius 2 is 1.28 bits per heavy atom. The molecule has 3 atom stereocenters. The summed E-state index contributed by atoms with van der Waals surface area (Å²) in [5.74, 6) is 2.08. The molecule has 3 fully saturated rings. The van der Waals surface area contributed by atoms with Gasteiger partial charge >= 0.3 is 7.12 Å². The van der Waals surface area contributed by atoms with Gasteiger partial charge in [-0.15, -0.1) is 0 Å². The molecule has 1 aliphatic heterocycles. The highest BCUT2D eigenvalue weighted by molar-refractivity contribution is 6.47. The van der Waals surface area contributed by atoms with Crippen LogP contribution in [0.15, 0.2) is 0 Å². The van der Waals surface area contributed by atoms with Crippen molar-refractivity contribution in [3.63, 3.8) is 0 Å². The van der Waals surface area contributed by atoms with Gasteiger partial charge in [-0.1, -0.05) is 84.5 Å². The second-order valence-corrected chi connectivity index (χ2v) is 9.19. The average molecular weight is 348 g/mol. The lowest BCUT2D eigenvalue weighted by Gasteiger charge is -2.35. The molecule has 0 spiro atoms. The van der Waals surface area contributed by atoms with Gasteiger partial charge in [0.05, 0.1) is 12.2 Å². The number of hydrogen-bond donors (Lipinski definition) is 0. The molecule has 0 radical (unpaired) electrons. The Hall–Kier alpha value is -0.0151. The Bertz CT molecular complexity index is 337. The van der Waals surface area contributed by atoms with E-state index in [0.717, 1.165) is 11.8 Å². The Kier molecular flexibility index (Phi) is 8.17. The number of unbranched alkanes of at least 4 members (excludes halogenated alkanes) is 3. The minimum Gasteiger partial charge on any atom is -0.405 e. The predicted octanol–water partition coefficient (Wildman–Crippen LogP) is 6.78. The van der Waals surface area contributed by atoms with Crippen molar-refractivity contribution < 1.29 is 9.31 Å². The summed E-state index contributed by atoms with van der Waals surface area (Å²) in [5.41, 5.74) is 0. The molecule has 1 saturated heterocycles. The molecule has 3 aliphatic rings. The molecular formula is C22H41BO2. The lowest BCUT2D eigenvalue weighted by Crippen LogP contribution is -2.38. The summed E-state index contributed by atoms with van der Waals surface area (Å²) in [6, 6.07) is 0. The van der Waals surface area contributed by atoms with E-state index in [4.69, 9.17) is 9.31 Å². The molecule has 2 aliphatic carbocycles. The third-order valence-corrected chi connectivity index (χ3v) is 7.11. The molecule has 0 unspecified atom stereocenters. The van der Waals surface area contributed by atoms with Crippen LogP contribution in [0.4, 0.5) is 0 Å². The van der Waals surface area contributed by atoms with Crippen molar-refractivity contribution in [2.24, 2.45) is 11.8 Å². The van der Waals surface area contributed by atoms with Crippen LogP contribution in [-0.2, 0) is 9.31 Å². The SMILES string of the molecule is CCCCCC[C@H](C)B1O[C@H](C2CCCCC2)[C@@H](C2CCCCC2)O1. The lowest BCUT2D eigenvalue weighted by molar-refractivity contribution is 0.0324. The third-order valence-electron chi connectivity index (χ3n) is 7.11. The van der Waals surface area contributed by atoms with Crippen molar-refractivity contribution in [3.05, 3.63) is 0 Å². The zero-order chi connectivity index (χ0) is 17.5. The monoisotopic (exact) mass is 348 g/mol. The molecule has 3 rings (SSSR count). The molecule has 0 aromatic rings. The van der Waals surface area contributed by atoms with Crippen LogP contribution in [0.3, 0.4) is 0 Å². The maximum absolute atomic E-state index is 6.66. The molecule has 0 N–H and O–H groups in total. The standard InChI is InChI=1S/C22H41BO2/c1-3-4-5-8-13-18(2)23-24-21(19-14-9-6-10-15-19)22(25-23)20-16-11-7-12-17-20/h18-22H,3-17H2,1-2H3/t18-,21+,22+/m0/s1.